The largest absolute Gasteiger partial charge is 0.339 e. The lowest BCUT2D eigenvalue weighted by Gasteiger charge is -2.09. The van der Waals surface area contributed by atoms with E-state index in [0.717, 1.165) is 17.5 Å². The molecule has 0 atom stereocenters. The molecule has 1 aromatic heterocycles. The molecule has 1 aromatic carbocycles. The quantitative estimate of drug-likeness (QED) is 0.635. The number of benzene rings is 1. The average molecular weight is 298 g/mol. The van der Waals surface area contributed by atoms with Gasteiger partial charge in [0.05, 0.1) is 0 Å². The standard InChI is InChI=1S/C14H16ClNO2S/c1-4-10(2)9-16-11(3)14(19(15,17)18)12-7-5-6-8-13(12)16/h5-8H,2,4,9H2,1,3H3. The van der Waals surface area contributed by atoms with E-state index in [2.05, 4.69) is 6.58 Å². The number of para-hydroxylation sites is 1. The van der Waals surface area contributed by atoms with Crippen LogP contribution in [0, 0.1) is 6.92 Å². The van der Waals surface area contributed by atoms with Crippen LogP contribution < -0.4 is 0 Å². The average Bonchev–Trinajstić information content (AvgIpc) is 2.62. The number of halogens is 1. The number of hydrogen-bond acceptors (Lipinski definition) is 2. The summed E-state index contributed by atoms with van der Waals surface area (Å²) in [5, 5.41) is 0.666. The van der Waals surface area contributed by atoms with Crippen molar-refractivity contribution < 1.29 is 8.42 Å². The lowest BCUT2D eigenvalue weighted by atomic mass is 10.2. The molecule has 0 radical (unpaired) electrons. The van der Waals surface area contributed by atoms with Crippen molar-refractivity contribution in [1.82, 2.24) is 4.57 Å². The molecular formula is C14H16ClNO2S. The SMILES string of the molecule is C=C(CC)Cn1c(C)c(S(=O)(=O)Cl)c2ccccc21. The van der Waals surface area contributed by atoms with Crippen LogP contribution in [-0.2, 0) is 15.6 Å². The van der Waals surface area contributed by atoms with Crippen LogP contribution in [0.2, 0.25) is 0 Å². The zero-order valence-corrected chi connectivity index (χ0v) is 12.6. The van der Waals surface area contributed by atoms with E-state index in [9.17, 15) is 8.42 Å². The molecule has 0 aliphatic rings. The van der Waals surface area contributed by atoms with Crippen LogP contribution in [0.3, 0.4) is 0 Å². The third-order valence-electron chi connectivity index (χ3n) is 3.30. The fourth-order valence-corrected chi connectivity index (χ4v) is 3.73. The third-order valence-corrected chi connectivity index (χ3v) is 4.76. The van der Waals surface area contributed by atoms with E-state index in [0.29, 0.717) is 17.6 Å². The Hall–Kier alpha value is -1.26. The molecule has 2 rings (SSSR count). The van der Waals surface area contributed by atoms with Gasteiger partial charge >= 0.3 is 0 Å². The highest BCUT2D eigenvalue weighted by molar-refractivity contribution is 8.14. The van der Waals surface area contributed by atoms with E-state index in [-0.39, 0.29) is 4.90 Å². The minimum atomic E-state index is -3.76. The van der Waals surface area contributed by atoms with E-state index < -0.39 is 9.05 Å². The summed E-state index contributed by atoms with van der Waals surface area (Å²) in [4.78, 5) is 0.202. The summed E-state index contributed by atoms with van der Waals surface area (Å²) in [6.45, 7) is 8.40. The second kappa shape index (κ2) is 5.02. The first kappa shape index (κ1) is 14.2. The molecule has 2 aromatic rings. The van der Waals surface area contributed by atoms with E-state index >= 15 is 0 Å². The molecule has 0 unspecified atom stereocenters. The van der Waals surface area contributed by atoms with Crippen LogP contribution in [0.4, 0.5) is 0 Å². The molecule has 0 saturated carbocycles. The number of hydrogen-bond donors (Lipinski definition) is 0. The molecule has 0 aliphatic carbocycles. The van der Waals surface area contributed by atoms with Crippen molar-refractivity contribution in [2.45, 2.75) is 31.7 Å². The first-order valence-electron chi connectivity index (χ1n) is 6.05. The highest BCUT2D eigenvalue weighted by Gasteiger charge is 2.22. The van der Waals surface area contributed by atoms with Crippen molar-refractivity contribution >= 4 is 30.6 Å². The Labute approximate surface area is 117 Å². The maximum absolute atomic E-state index is 11.8. The zero-order valence-electron chi connectivity index (χ0n) is 11.0. The predicted octanol–water partition coefficient (Wildman–Crippen LogP) is 3.84. The first-order chi connectivity index (χ1) is 8.86. The van der Waals surface area contributed by atoms with Gasteiger partial charge in [-0.25, -0.2) is 8.42 Å². The van der Waals surface area contributed by atoms with Gasteiger partial charge in [-0.1, -0.05) is 37.3 Å². The summed E-state index contributed by atoms with van der Waals surface area (Å²) in [5.41, 5.74) is 2.57. The Balaban J connectivity index is 2.78. The van der Waals surface area contributed by atoms with Gasteiger partial charge in [0.2, 0.25) is 0 Å². The van der Waals surface area contributed by atoms with E-state index in [1.54, 1.807) is 13.0 Å². The fraction of sp³-hybridized carbons (Fsp3) is 0.286. The molecule has 0 bridgehead atoms. The van der Waals surface area contributed by atoms with Crippen molar-refractivity contribution in [2.75, 3.05) is 0 Å². The van der Waals surface area contributed by atoms with Crippen molar-refractivity contribution in [3.63, 3.8) is 0 Å². The Morgan fingerprint density at radius 3 is 2.58 bits per heavy atom. The summed E-state index contributed by atoms with van der Waals surface area (Å²) >= 11 is 0. The Bertz CT molecular complexity index is 744. The van der Waals surface area contributed by atoms with Gasteiger partial charge in [-0.05, 0) is 19.4 Å². The van der Waals surface area contributed by atoms with Gasteiger partial charge in [0.1, 0.15) is 4.90 Å². The molecular weight excluding hydrogens is 282 g/mol. The minimum Gasteiger partial charge on any atom is -0.339 e. The molecule has 1 heterocycles. The van der Waals surface area contributed by atoms with Crippen LogP contribution in [0.1, 0.15) is 19.0 Å². The molecule has 102 valence electrons. The lowest BCUT2D eigenvalue weighted by Crippen LogP contribution is -2.03. The van der Waals surface area contributed by atoms with Gasteiger partial charge in [-0.2, -0.15) is 0 Å². The number of fused-ring (bicyclic) bond motifs is 1. The second-order valence-electron chi connectivity index (χ2n) is 4.56. The Morgan fingerprint density at radius 2 is 2.00 bits per heavy atom. The molecule has 19 heavy (non-hydrogen) atoms. The molecule has 0 fully saturated rings. The van der Waals surface area contributed by atoms with E-state index in [1.165, 1.54) is 0 Å². The summed E-state index contributed by atoms with van der Waals surface area (Å²) < 4.78 is 25.5. The van der Waals surface area contributed by atoms with Crippen molar-refractivity contribution in [3.8, 4) is 0 Å². The van der Waals surface area contributed by atoms with Crippen molar-refractivity contribution in [1.29, 1.82) is 0 Å². The number of nitrogens with zero attached hydrogens (tertiary/aromatic N) is 1. The van der Waals surface area contributed by atoms with Crippen molar-refractivity contribution in [3.05, 3.63) is 42.1 Å². The minimum absolute atomic E-state index is 0.202. The highest BCUT2D eigenvalue weighted by Crippen LogP contribution is 2.32. The van der Waals surface area contributed by atoms with E-state index in [4.69, 9.17) is 10.7 Å². The number of rotatable bonds is 4. The normalized spacial score (nSPS) is 11.9. The smallest absolute Gasteiger partial charge is 0.263 e. The van der Waals surface area contributed by atoms with Gasteiger partial charge in [0.25, 0.3) is 9.05 Å². The van der Waals surface area contributed by atoms with Gasteiger partial charge in [-0.3, -0.25) is 0 Å². The molecule has 0 saturated heterocycles. The second-order valence-corrected chi connectivity index (χ2v) is 7.06. The molecule has 0 N–H and O–H groups in total. The van der Waals surface area contributed by atoms with Crippen LogP contribution in [0.15, 0.2) is 41.3 Å². The summed E-state index contributed by atoms with van der Waals surface area (Å²) in [5.74, 6) is 0. The molecule has 0 amide bonds. The topological polar surface area (TPSA) is 39.1 Å². The molecule has 0 aliphatic heterocycles. The summed E-state index contributed by atoms with van der Waals surface area (Å²) in [7, 11) is 1.80. The predicted molar refractivity (Wildman–Crippen MR) is 79.1 cm³/mol. The van der Waals surface area contributed by atoms with Gasteiger partial charge < -0.3 is 4.57 Å². The summed E-state index contributed by atoms with van der Waals surface area (Å²) in [6.07, 6.45) is 0.856. The lowest BCUT2D eigenvalue weighted by molar-refractivity contribution is 0.608. The zero-order chi connectivity index (χ0) is 14.2. The molecule has 3 nitrogen and oxygen atoms in total. The first-order valence-corrected chi connectivity index (χ1v) is 8.36. The van der Waals surface area contributed by atoms with Gasteiger partial charge in [-0.15, -0.1) is 0 Å². The van der Waals surface area contributed by atoms with Crippen LogP contribution in [0.5, 0.6) is 0 Å². The fourth-order valence-electron chi connectivity index (χ4n) is 2.25. The monoisotopic (exact) mass is 297 g/mol. The van der Waals surface area contributed by atoms with E-state index in [1.807, 2.05) is 29.7 Å². The third kappa shape index (κ3) is 2.55. The maximum atomic E-state index is 11.8. The number of aromatic nitrogens is 1. The Kier molecular flexibility index (Phi) is 3.74. The molecule has 5 heteroatoms. The van der Waals surface area contributed by atoms with Gasteiger partial charge in [0, 0.05) is 33.8 Å². The summed E-state index contributed by atoms with van der Waals surface area (Å²) in [6, 6.07) is 7.38. The van der Waals surface area contributed by atoms with Crippen LogP contribution in [-0.4, -0.2) is 13.0 Å². The van der Waals surface area contributed by atoms with Gasteiger partial charge in [0.15, 0.2) is 0 Å². The maximum Gasteiger partial charge on any atom is 0.263 e. The van der Waals surface area contributed by atoms with Crippen LogP contribution in [0.25, 0.3) is 10.9 Å². The Morgan fingerprint density at radius 1 is 1.37 bits per heavy atom. The highest BCUT2D eigenvalue weighted by atomic mass is 35.7. The van der Waals surface area contributed by atoms with Crippen molar-refractivity contribution in [2.24, 2.45) is 0 Å². The number of allylic oxidation sites excluding steroid dienone is 1. The van der Waals surface area contributed by atoms with Crippen LogP contribution >= 0.6 is 10.7 Å². The molecule has 0 spiro atoms.